The quantitative estimate of drug-likeness (QED) is 0.283. The van der Waals surface area contributed by atoms with Gasteiger partial charge in [0.25, 0.3) is 0 Å². The van der Waals surface area contributed by atoms with E-state index in [0.717, 1.165) is 20.5 Å². The maximum atomic E-state index is 12.9. The van der Waals surface area contributed by atoms with Crippen LogP contribution in [0.15, 0.2) is 82.2 Å². The first kappa shape index (κ1) is 20.5. The molecule has 0 aliphatic carbocycles. The van der Waals surface area contributed by atoms with Crippen LogP contribution in [0, 0.1) is 0 Å². The van der Waals surface area contributed by atoms with Crippen molar-refractivity contribution in [2.45, 2.75) is 16.6 Å². The number of carbonyl (C=O) groups is 1. The average Bonchev–Trinajstić information content (AvgIpc) is 2.74. The van der Waals surface area contributed by atoms with Crippen LogP contribution in [0.1, 0.15) is 27.6 Å². The number of Topliss-reactive ketones (excluding diaryl/α,β-unsaturated/α-hetero) is 1. The number of halogens is 1. The van der Waals surface area contributed by atoms with Crippen LogP contribution in [-0.2, 0) is 0 Å². The molecular weight excluding hydrogens is 436 g/mol. The minimum Gasteiger partial charge on any atom is -0.493 e. The van der Waals surface area contributed by atoms with Crippen molar-refractivity contribution in [2.24, 2.45) is 0 Å². The molecule has 144 valence electrons. The molecule has 0 heterocycles. The van der Waals surface area contributed by atoms with Gasteiger partial charge in [0.15, 0.2) is 17.3 Å². The fourth-order valence-electron chi connectivity index (χ4n) is 2.87. The monoisotopic (exact) mass is 456 g/mol. The molecule has 0 saturated carbocycles. The largest absolute Gasteiger partial charge is 0.493 e. The van der Waals surface area contributed by atoms with Crippen molar-refractivity contribution in [3.63, 3.8) is 0 Å². The van der Waals surface area contributed by atoms with E-state index in [4.69, 9.17) is 9.47 Å². The molecule has 3 rings (SSSR count). The number of ketones is 1. The standard InChI is InChI=1S/C23H21BrO3S/c1-26-21-13-12-19(14-22(21)27-2)28-23(17-6-4-3-5-7-17)15-20(25)16-8-10-18(24)11-9-16/h3-14,23H,15H2,1-2H3/t23-/m1/s1. The van der Waals surface area contributed by atoms with E-state index in [2.05, 4.69) is 28.1 Å². The van der Waals surface area contributed by atoms with Crippen LogP contribution in [0.5, 0.6) is 11.5 Å². The zero-order valence-corrected chi connectivity index (χ0v) is 18.1. The van der Waals surface area contributed by atoms with Crippen molar-refractivity contribution in [1.29, 1.82) is 0 Å². The summed E-state index contributed by atoms with van der Waals surface area (Å²) in [5, 5.41) is -0.00421. The third kappa shape index (κ3) is 5.18. The number of benzene rings is 3. The Labute approximate surface area is 178 Å². The fraction of sp³-hybridized carbons (Fsp3) is 0.174. The second-order valence-electron chi connectivity index (χ2n) is 6.17. The van der Waals surface area contributed by atoms with Gasteiger partial charge in [0.05, 0.1) is 14.2 Å². The lowest BCUT2D eigenvalue weighted by atomic mass is 10.0. The van der Waals surface area contributed by atoms with Gasteiger partial charge < -0.3 is 9.47 Å². The second kappa shape index (κ2) is 9.80. The predicted octanol–water partition coefficient (Wildman–Crippen LogP) is 6.57. The van der Waals surface area contributed by atoms with Crippen molar-refractivity contribution in [1.82, 2.24) is 0 Å². The molecule has 3 aromatic carbocycles. The van der Waals surface area contributed by atoms with Gasteiger partial charge in [-0.05, 0) is 35.9 Å². The molecular formula is C23H21BrO3S. The highest BCUT2D eigenvalue weighted by Crippen LogP contribution is 2.41. The Morgan fingerprint density at radius 3 is 2.25 bits per heavy atom. The summed E-state index contributed by atoms with van der Waals surface area (Å²) in [7, 11) is 3.24. The molecule has 28 heavy (non-hydrogen) atoms. The Kier molecular flexibility index (Phi) is 7.18. The Morgan fingerprint density at radius 2 is 1.61 bits per heavy atom. The first-order valence-corrected chi connectivity index (χ1v) is 10.5. The molecule has 0 spiro atoms. The minimum atomic E-state index is -0.00421. The molecule has 3 nitrogen and oxygen atoms in total. The van der Waals surface area contributed by atoms with E-state index in [1.54, 1.807) is 26.0 Å². The SMILES string of the molecule is COc1ccc(S[C@H](CC(=O)c2ccc(Br)cc2)c2ccccc2)cc1OC. The maximum Gasteiger partial charge on any atom is 0.164 e. The van der Waals surface area contributed by atoms with Gasteiger partial charge in [0.1, 0.15) is 0 Å². The smallest absolute Gasteiger partial charge is 0.164 e. The van der Waals surface area contributed by atoms with E-state index < -0.39 is 0 Å². The highest BCUT2D eigenvalue weighted by atomic mass is 79.9. The summed E-state index contributed by atoms with van der Waals surface area (Å²) in [6, 6.07) is 23.4. The van der Waals surface area contributed by atoms with Crippen LogP contribution < -0.4 is 9.47 Å². The summed E-state index contributed by atoms with van der Waals surface area (Å²) in [5.41, 5.74) is 1.84. The molecule has 0 aliphatic rings. The summed E-state index contributed by atoms with van der Waals surface area (Å²) in [4.78, 5) is 13.9. The predicted molar refractivity (Wildman–Crippen MR) is 118 cm³/mol. The molecule has 0 aromatic heterocycles. The van der Waals surface area contributed by atoms with E-state index in [1.807, 2.05) is 60.7 Å². The summed E-state index contributed by atoms with van der Waals surface area (Å²) in [5.74, 6) is 1.49. The van der Waals surface area contributed by atoms with Crippen LogP contribution in [0.25, 0.3) is 0 Å². The third-order valence-electron chi connectivity index (χ3n) is 4.34. The van der Waals surface area contributed by atoms with Crippen molar-refractivity contribution >= 4 is 33.5 Å². The Hall–Kier alpha value is -2.24. The van der Waals surface area contributed by atoms with E-state index in [-0.39, 0.29) is 11.0 Å². The molecule has 0 N–H and O–H groups in total. The molecule has 1 atom stereocenters. The zero-order valence-electron chi connectivity index (χ0n) is 15.7. The molecule has 0 radical (unpaired) electrons. The van der Waals surface area contributed by atoms with Crippen LogP contribution in [0.3, 0.4) is 0 Å². The van der Waals surface area contributed by atoms with Gasteiger partial charge in [-0.3, -0.25) is 4.79 Å². The Balaban J connectivity index is 1.85. The van der Waals surface area contributed by atoms with Crippen molar-refractivity contribution in [2.75, 3.05) is 14.2 Å². The summed E-state index contributed by atoms with van der Waals surface area (Å²) >= 11 is 5.07. The summed E-state index contributed by atoms with van der Waals surface area (Å²) < 4.78 is 11.7. The summed E-state index contributed by atoms with van der Waals surface area (Å²) in [6.07, 6.45) is 0.407. The van der Waals surface area contributed by atoms with E-state index in [9.17, 15) is 4.79 Å². The summed E-state index contributed by atoms with van der Waals surface area (Å²) in [6.45, 7) is 0. The molecule has 0 bridgehead atoms. The van der Waals surface area contributed by atoms with E-state index in [0.29, 0.717) is 17.9 Å². The normalized spacial score (nSPS) is 11.7. The second-order valence-corrected chi connectivity index (χ2v) is 8.36. The molecule has 5 heteroatoms. The Bertz CT molecular complexity index is 926. The minimum absolute atomic E-state index is 0.00421. The van der Waals surface area contributed by atoms with Crippen molar-refractivity contribution in [3.8, 4) is 11.5 Å². The number of hydrogen-bond acceptors (Lipinski definition) is 4. The lowest BCUT2D eigenvalue weighted by Gasteiger charge is -2.18. The molecule has 0 saturated heterocycles. The molecule has 0 unspecified atom stereocenters. The van der Waals surface area contributed by atoms with Crippen molar-refractivity contribution < 1.29 is 14.3 Å². The first-order chi connectivity index (χ1) is 13.6. The fourth-order valence-corrected chi connectivity index (χ4v) is 4.31. The van der Waals surface area contributed by atoms with Gasteiger partial charge in [-0.15, -0.1) is 11.8 Å². The Morgan fingerprint density at radius 1 is 0.929 bits per heavy atom. The van der Waals surface area contributed by atoms with E-state index in [1.165, 1.54) is 0 Å². The lowest BCUT2D eigenvalue weighted by Crippen LogP contribution is -2.05. The topological polar surface area (TPSA) is 35.5 Å². The van der Waals surface area contributed by atoms with E-state index >= 15 is 0 Å². The van der Waals surface area contributed by atoms with Gasteiger partial charge >= 0.3 is 0 Å². The zero-order chi connectivity index (χ0) is 19.9. The number of hydrogen-bond donors (Lipinski definition) is 0. The number of thioether (sulfide) groups is 1. The number of ether oxygens (including phenoxy) is 2. The van der Waals surface area contributed by atoms with Crippen LogP contribution >= 0.6 is 27.7 Å². The van der Waals surface area contributed by atoms with Gasteiger partial charge in [0, 0.05) is 26.6 Å². The third-order valence-corrected chi connectivity index (χ3v) is 6.12. The highest BCUT2D eigenvalue weighted by molar-refractivity contribution is 9.10. The maximum absolute atomic E-state index is 12.9. The van der Waals surface area contributed by atoms with Gasteiger partial charge in [-0.2, -0.15) is 0 Å². The first-order valence-electron chi connectivity index (χ1n) is 8.83. The average molecular weight is 457 g/mol. The van der Waals surface area contributed by atoms with Crippen LogP contribution in [0.4, 0.5) is 0 Å². The van der Waals surface area contributed by atoms with Gasteiger partial charge in [-0.25, -0.2) is 0 Å². The number of rotatable bonds is 8. The number of methoxy groups -OCH3 is 2. The molecule has 0 aliphatic heterocycles. The van der Waals surface area contributed by atoms with Crippen molar-refractivity contribution in [3.05, 3.63) is 88.4 Å². The van der Waals surface area contributed by atoms with Gasteiger partial charge in [-0.1, -0.05) is 58.4 Å². The van der Waals surface area contributed by atoms with Gasteiger partial charge in [0.2, 0.25) is 0 Å². The molecule has 0 amide bonds. The highest BCUT2D eigenvalue weighted by Gasteiger charge is 2.19. The van der Waals surface area contributed by atoms with Crippen LogP contribution in [0.2, 0.25) is 0 Å². The lowest BCUT2D eigenvalue weighted by molar-refractivity contribution is 0.0982. The molecule has 3 aromatic rings. The van der Waals surface area contributed by atoms with Crippen LogP contribution in [-0.4, -0.2) is 20.0 Å². The molecule has 0 fully saturated rings. The number of carbonyl (C=O) groups excluding carboxylic acids is 1.